The van der Waals surface area contributed by atoms with Crippen molar-refractivity contribution in [1.29, 1.82) is 0 Å². The molecule has 0 saturated carbocycles. The van der Waals surface area contributed by atoms with Crippen molar-refractivity contribution in [3.8, 4) is 0 Å². The lowest BCUT2D eigenvalue weighted by Crippen LogP contribution is -2.33. The second-order valence-corrected chi connectivity index (χ2v) is 5.94. The molecule has 1 rings (SSSR count). The van der Waals surface area contributed by atoms with E-state index in [1.807, 2.05) is 24.8 Å². The number of nitrogens with one attached hydrogen (secondary N) is 1. The van der Waals surface area contributed by atoms with E-state index in [1.165, 1.54) is 0 Å². The van der Waals surface area contributed by atoms with E-state index in [2.05, 4.69) is 33.2 Å². The fourth-order valence-corrected chi connectivity index (χ4v) is 2.57. The third kappa shape index (κ3) is 5.08. The first-order valence-electron chi connectivity index (χ1n) is 5.64. The number of carbonyl (C=O) groups is 1. The van der Waals surface area contributed by atoms with E-state index in [9.17, 15) is 4.79 Å². The normalized spacial score (nSPS) is 12.2. The lowest BCUT2D eigenvalue weighted by atomic mass is 10.2. The van der Waals surface area contributed by atoms with Crippen molar-refractivity contribution in [3.05, 3.63) is 28.5 Å². The fourth-order valence-electron chi connectivity index (χ4n) is 1.32. The summed E-state index contributed by atoms with van der Waals surface area (Å²) in [6, 6.07) is 3.79. The Morgan fingerprint density at radius 3 is 3.06 bits per heavy atom. The molecule has 3 nitrogen and oxygen atoms in total. The molecule has 1 heterocycles. The predicted octanol–water partition coefficient (Wildman–Crippen LogP) is 3.11. The molecule has 1 unspecified atom stereocenters. The van der Waals surface area contributed by atoms with E-state index in [1.54, 1.807) is 12.3 Å². The molecule has 0 fully saturated rings. The molecule has 1 aromatic rings. The molecule has 1 aromatic heterocycles. The molecule has 1 amide bonds. The van der Waals surface area contributed by atoms with E-state index < -0.39 is 0 Å². The highest BCUT2D eigenvalue weighted by Gasteiger charge is 2.13. The Morgan fingerprint density at radius 2 is 2.41 bits per heavy atom. The molecular weight excluding hydrogens is 300 g/mol. The van der Waals surface area contributed by atoms with Gasteiger partial charge in [-0.3, -0.25) is 4.79 Å². The average molecular weight is 317 g/mol. The standard InChI is InChI=1S/C12H17BrN2OS/c1-3-17-8-6-9(2)15-12(16)11-10(13)5-4-7-14-11/h4-5,7,9H,3,6,8H2,1-2H3,(H,15,16). The summed E-state index contributed by atoms with van der Waals surface area (Å²) >= 11 is 5.21. The molecule has 0 aromatic carbocycles. The van der Waals surface area contributed by atoms with Crippen LogP contribution in [0.15, 0.2) is 22.8 Å². The smallest absolute Gasteiger partial charge is 0.271 e. The Morgan fingerprint density at radius 1 is 1.65 bits per heavy atom. The van der Waals surface area contributed by atoms with Crippen LogP contribution in [0.3, 0.4) is 0 Å². The third-order valence-corrected chi connectivity index (χ3v) is 3.82. The van der Waals surface area contributed by atoms with Gasteiger partial charge in [0, 0.05) is 16.7 Å². The van der Waals surface area contributed by atoms with Crippen LogP contribution < -0.4 is 5.32 Å². The van der Waals surface area contributed by atoms with E-state index in [0.29, 0.717) is 5.69 Å². The van der Waals surface area contributed by atoms with Crippen LogP contribution in [-0.4, -0.2) is 28.4 Å². The number of rotatable bonds is 6. The molecule has 0 radical (unpaired) electrons. The topological polar surface area (TPSA) is 42.0 Å². The van der Waals surface area contributed by atoms with E-state index in [-0.39, 0.29) is 11.9 Å². The van der Waals surface area contributed by atoms with Gasteiger partial charge < -0.3 is 5.32 Å². The summed E-state index contributed by atoms with van der Waals surface area (Å²) in [5.74, 6) is 2.07. The van der Waals surface area contributed by atoms with Crippen molar-refractivity contribution in [2.45, 2.75) is 26.3 Å². The van der Waals surface area contributed by atoms with Gasteiger partial charge in [-0.1, -0.05) is 6.92 Å². The van der Waals surface area contributed by atoms with Gasteiger partial charge in [0.15, 0.2) is 0 Å². The van der Waals surface area contributed by atoms with Crippen LogP contribution in [0.5, 0.6) is 0 Å². The number of hydrogen-bond donors (Lipinski definition) is 1. The molecule has 0 spiro atoms. The van der Waals surface area contributed by atoms with Gasteiger partial charge in [0.1, 0.15) is 5.69 Å². The maximum Gasteiger partial charge on any atom is 0.271 e. The molecule has 0 saturated heterocycles. The SMILES string of the molecule is CCSCCC(C)NC(=O)c1ncccc1Br. The summed E-state index contributed by atoms with van der Waals surface area (Å²) in [6.45, 7) is 4.16. The minimum absolute atomic E-state index is 0.119. The summed E-state index contributed by atoms with van der Waals surface area (Å²) in [4.78, 5) is 16.0. The van der Waals surface area contributed by atoms with Crippen LogP contribution in [0.4, 0.5) is 0 Å². The lowest BCUT2D eigenvalue weighted by Gasteiger charge is -2.13. The molecule has 1 N–H and O–H groups in total. The van der Waals surface area contributed by atoms with E-state index >= 15 is 0 Å². The number of carbonyl (C=O) groups excluding carboxylic acids is 1. The van der Waals surface area contributed by atoms with Crippen molar-refractivity contribution in [2.24, 2.45) is 0 Å². The number of hydrogen-bond acceptors (Lipinski definition) is 3. The zero-order valence-corrected chi connectivity index (χ0v) is 12.5. The molecule has 0 aliphatic heterocycles. The maximum absolute atomic E-state index is 11.9. The maximum atomic E-state index is 11.9. The Labute approximate surface area is 115 Å². The summed E-state index contributed by atoms with van der Waals surface area (Å²) in [5.41, 5.74) is 0.447. The number of nitrogens with zero attached hydrogens (tertiary/aromatic N) is 1. The molecule has 0 aliphatic carbocycles. The van der Waals surface area contributed by atoms with Gasteiger partial charge in [0.05, 0.1) is 0 Å². The summed E-state index contributed by atoms with van der Waals surface area (Å²) < 4.78 is 0.729. The quantitative estimate of drug-likeness (QED) is 0.820. The number of halogens is 1. The first-order valence-corrected chi connectivity index (χ1v) is 7.59. The predicted molar refractivity (Wildman–Crippen MR) is 76.5 cm³/mol. The van der Waals surface area contributed by atoms with Crippen LogP contribution in [0, 0.1) is 0 Å². The zero-order valence-electron chi connectivity index (χ0n) is 10.1. The van der Waals surface area contributed by atoms with Crippen LogP contribution >= 0.6 is 27.7 Å². The number of thioether (sulfide) groups is 1. The van der Waals surface area contributed by atoms with Gasteiger partial charge in [-0.25, -0.2) is 4.98 Å². The molecule has 0 bridgehead atoms. The lowest BCUT2D eigenvalue weighted by molar-refractivity contribution is 0.0933. The molecule has 94 valence electrons. The van der Waals surface area contributed by atoms with Crippen LogP contribution in [-0.2, 0) is 0 Å². The summed E-state index contributed by atoms with van der Waals surface area (Å²) in [5, 5.41) is 2.95. The molecule has 17 heavy (non-hydrogen) atoms. The van der Waals surface area contributed by atoms with Gasteiger partial charge in [-0.2, -0.15) is 11.8 Å². The van der Waals surface area contributed by atoms with Crippen LogP contribution in [0.2, 0.25) is 0 Å². The van der Waals surface area contributed by atoms with Crippen molar-refractivity contribution < 1.29 is 4.79 Å². The molecular formula is C12H17BrN2OS. The van der Waals surface area contributed by atoms with Crippen LogP contribution in [0.25, 0.3) is 0 Å². The Balaban J connectivity index is 2.46. The van der Waals surface area contributed by atoms with Crippen molar-refractivity contribution in [1.82, 2.24) is 10.3 Å². The van der Waals surface area contributed by atoms with Gasteiger partial charge in [0.2, 0.25) is 0 Å². The Bertz CT molecular complexity index is 373. The molecule has 5 heteroatoms. The highest BCUT2D eigenvalue weighted by atomic mass is 79.9. The Kier molecular flexibility index (Phi) is 6.58. The fraction of sp³-hybridized carbons (Fsp3) is 0.500. The van der Waals surface area contributed by atoms with Gasteiger partial charge in [-0.15, -0.1) is 0 Å². The van der Waals surface area contributed by atoms with Gasteiger partial charge in [-0.05, 0) is 52.9 Å². The number of pyridine rings is 1. The first kappa shape index (κ1) is 14.5. The monoisotopic (exact) mass is 316 g/mol. The summed E-state index contributed by atoms with van der Waals surface area (Å²) in [7, 11) is 0. The van der Waals surface area contributed by atoms with E-state index in [0.717, 1.165) is 22.4 Å². The molecule has 0 aliphatic rings. The minimum atomic E-state index is -0.119. The van der Waals surface area contributed by atoms with E-state index in [4.69, 9.17) is 0 Å². The minimum Gasteiger partial charge on any atom is -0.348 e. The van der Waals surface area contributed by atoms with Crippen LogP contribution in [0.1, 0.15) is 30.8 Å². The second kappa shape index (κ2) is 7.71. The van der Waals surface area contributed by atoms with Crippen molar-refractivity contribution >= 4 is 33.6 Å². The highest BCUT2D eigenvalue weighted by molar-refractivity contribution is 9.10. The largest absolute Gasteiger partial charge is 0.348 e. The first-order chi connectivity index (χ1) is 8.15. The van der Waals surface area contributed by atoms with Gasteiger partial charge >= 0.3 is 0 Å². The highest BCUT2D eigenvalue weighted by Crippen LogP contribution is 2.13. The zero-order chi connectivity index (χ0) is 12.7. The molecule has 1 atom stereocenters. The summed E-state index contributed by atoms with van der Waals surface area (Å²) in [6.07, 6.45) is 2.60. The number of amides is 1. The van der Waals surface area contributed by atoms with Crippen molar-refractivity contribution in [3.63, 3.8) is 0 Å². The average Bonchev–Trinajstić information content (AvgIpc) is 2.29. The number of aromatic nitrogens is 1. The van der Waals surface area contributed by atoms with Gasteiger partial charge in [0.25, 0.3) is 5.91 Å². The third-order valence-electron chi connectivity index (χ3n) is 2.25. The van der Waals surface area contributed by atoms with Crippen molar-refractivity contribution in [2.75, 3.05) is 11.5 Å². The Hall–Kier alpha value is -0.550. The second-order valence-electron chi connectivity index (χ2n) is 3.69.